The van der Waals surface area contributed by atoms with Gasteiger partial charge in [0, 0.05) is 50.4 Å². The van der Waals surface area contributed by atoms with Crippen LogP contribution in [0.3, 0.4) is 0 Å². The molecule has 2 fully saturated rings. The summed E-state index contributed by atoms with van der Waals surface area (Å²) in [5.41, 5.74) is 2.73. The molecule has 6 nitrogen and oxygen atoms in total. The van der Waals surface area contributed by atoms with Crippen LogP contribution in [0, 0.1) is 18.7 Å². The Kier molecular flexibility index (Phi) is 5.76. The Bertz CT molecular complexity index is 1010. The van der Waals surface area contributed by atoms with E-state index in [9.17, 15) is 18.8 Å². The first-order valence-corrected chi connectivity index (χ1v) is 10.5. The third-order valence-corrected chi connectivity index (χ3v) is 6.11. The van der Waals surface area contributed by atoms with Gasteiger partial charge in [-0.1, -0.05) is 17.7 Å². The third-order valence-electron chi connectivity index (χ3n) is 6.11. The molecule has 0 radical (unpaired) electrons. The second-order valence-electron chi connectivity index (χ2n) is 8.28. The lowest BCUT2D eigenvalue weighted by Gasteiger charge is -2.37. The second-order valence-corrected chi connectivity index (χ2v) is 8.28. The van der Waals surface area contributed by atoms with Gasteiger partial charge < -0.3 is 14.7 Å². The molecule has 0 N–H and O–H groups in total. The molecular formula is C24H26FN3O3. The molecule has 1 atom stereocenters. The van der Waals surface area contributed by atoms with Crippen molar-refractivity contribution in [2.75, 3.05) is 42.5 Å². The van der Waals surface area contributed by atoms with E-state index >= 15 is 0 Å². The van der Waals surface area contributed by atoms with E-state index in [1.54, 1.807) is 21.9 Å². The Hall–Kier alpha value is -3.22. The van der Waals surface area contributed by atoms with Crippen molar-refractivity contribution in [2.24, 2.45) is 5.92 Å². The van der Waals surface area contributed by atoms with E-state index in [4.69, 9.17) is 0 Å². The molecular weight excluding hydrogens is 397 g/mol. The van der Waals surface area contributed by atoms with E-state index in [1.807, 2.05) is 36.1 Å². The first-order chi connectivity index (χ1) is 14.8. The van der Waals surface area contributed by atoms with E-state index < -0.39 is 5.82 Å². The highest BCUT2D eigenvalue weighted by molar-refractivity contribution is 6.00. The highest BCUT2D eigenvalue weighted by atomic mass is 19.1. The van der Waals surface area contributed by atoms with Crippen molar-refractivity contribution >= 4 is 29.0 Å². The van der Waals surface area contributed by atoms with Gasteiger partial charge in [-0.25, -0.2) is 4.39 Å². The number of anilines is 2. The number of rotatable bonds is 4. The highest BCUT2D eigenvalue weighted by Crippen LogP contribution is 2.28. The molecule has 4 rings (SSSR count). The highest BCUT2D eigenvalue weighted by Gasteiger charge is 2.38. The number of amides is 2. The molecule has 2 aromatic rings. The zero-order valence-corrected chi connectivity index (χ0v) is 17.8. The summed E-state index contributed by atoms with van der Waals surface area (Å²) in [5, 5.41) is 0. The minimum atomic E-state index is -0.428. The molecule has 2 aromatic carbocycles. The molecule has 0 aromatic heterocycles. The van der Waals surface area contributed by atoms with Crippen molar-refractivity contribution in [1.29, 1.82) is 0 Å². The number of hydrogen-bond donors (Lipinski definition) is 0. The van der Waals surface area contributed by atoms with Gasteiger partial charge in [0.1, 0.15) is 5.82 Å². The zero-order chi connectivity index (χ0) is 22.1. The summed E-state index contributed by atoms with van der Waals surface area (Å²) >= 11 is 0. The van der Waals surface area contributed by atoms with E-state index in [1.165, 1.54) is 13.0 Å². The molecule has 1 unspecified atom stereocenters. The van der Waals surface area contributed by atoms with Gasteiger partial charge in [-0.05, 0) is 44.2 Å². The average Bonchev–Trinajstić information content (AvgIpc) is 3.15. The van der Waals surface area contributed by atoms with Gasteiger partial charge in [0.2, 0.25) is 11.8 Å². The van der Waals surface area contributed by atoms with Crippen LogP contribution in [0.5, 0.6) is 0 Å². The minimum absolute atomic E-state index is 0.0185. The van der Waals surface area contributed by atoms with E-state index in [-0.39, 0.29) is 29.9 Å². The molecule has 0 bridgehead atoms. The van der Waals surface area contributed by atoms with Crippen LogP contribution in [0.15, 0.2) is 42.5 Å². The van der Waals surface area contributed by atoms with Crippen molar-refractivity contribution in [3.8, 4) is 0 Å². The number of nitrogens with zero attached hydrogens (tertiary/aromatic N) is 3. The molecule has 162 valence electrons. The predicted octanol–water partition coefficient (Wildman–Crippen LogP) is 3.04. The molecule has 0 spiro atoms. The number of hydrogen-bond acceptors (Lipinski definition) is 4. The van der Waals surface area contributed by atoms with Crippen LogP contribution >= 0.6 is 0 Å². The molecule has 31 heavy (non-hydrogen) atoms. The van der Waals surface area contributed by atoms with Gasteiger partial charge >= 0.3 is 0 Å². The van der Waals surface area contributed by atoms with E-state index in [0.29, 0.717) is 44.0 Å². The summed E-state index contributed by atoms with van der Waals surface area (Å²) in [6.45, 7) is 5.75. The Morgan fingerprint density at radius 1 is 1.00 bits per heavy atom. The van der Waals surface area contributed by atoms with Crippen LogP contribution < -0.4 is 9.80 Å². The molecule has 2 saturated heterocycles. The minimum Gasteiger partial charge on any atom is -0.366 e. The maximum absolute atomic E-state index is 14.5. The Labute approximate surface area is 181 Å². The molecule has 2 aliphatic heterocycles. The SMILES string of the molecule is CC(=O)c1ccc(N2CCN(C(=O)C3CC(=O)N(c4ccc(C)cc4)C3)CC2)c(F)c1. The Balaban J connectivity index is 1.37. The average molecular weight is 423 g/mol. The van der Waals surface area contributed by atoms with Crippen LogP contribution in [-0.2, 0) is 9.59 Å². The van der Waals surface area contributed by atoms with E-state index in [2.05, 4.69) is 0 Å². The smallest absolute Gasteiger partial charge is 0.228 e. The van der Waals surface area contributed by atoms with Gasteiger partial charge in [-0.2, -0.15) is 0 Å². The van der Waals surface area contributed by atoms with Gasteiger partial charge in [0.25, 0.3) is 0 Å². The predicted molar refractivity (Wildman–Crippen MR) is 117 cm³/mol. The van der Waals surface area contributed by atoms with Crippen LogP contribution in [0.25, 0.3) is 0 Å². The monoisotopic (exact) mass is 423 g/mol. The topological polar surface area (TPSA) is 60.9 Å². The zero-order valence-electron chi connectivity index (χ0n) is 17.8. The second kappa shape index (κ2) is 8.49. The Morgan fingerprint density at radius 3 is 2.29 bits per heavy atom. The van der Waals surface area contributed by atoms with Gasteiger partial charge in [-0.3, -0.25) is 14.4 Å². The van der Waals surface area contributed by atoms with E-state index in [0.717, 1.165) is 11.3 Å². The fourth-order valence-electron chi connectivity index (χ4n) is 4.26. The third kappa shape index (κ3) is 4.31. The fraction of sp³-hybridized carbons (Fsp3) is 0.375. The van der Waals surface area contributed by atoms with Gasteiger partial charge in [-0.15, -0.1) is 0 Å². The first kappa shape index (κ1) is 21.0. The molecule has 2 aliphatic rings. The quantitative estimate of drug-likeness (QED) is 0.710. The lowest BCUT2D eigenvalue weighted by atomic mass is 10.1. The number of halogens is 1. The van der Waals surface area contributed by atoms with Crippen molar-refractivity contribution in [1.82, 2.24) is 4.90 Å². The summed E-state index contributed by atoms with van der Waals surface area (Å²) in [5.74, 6) is -1.01. The van der Waals surface area contributed by atoms with Crippen molar-refractivity contribution in [2.45, 2.75) is 20.3 Å². The van der Waals surface area contributed by atoms with Gasteiger partial charge in [0.05, 0.1) is 11.6 Å². The number of carbonyl (C=O) groups is 3. The maximum atomic E-state index is 14.5. The lowest BCUT2D eigenvalue weighted by molar-refractivity contribution is -0.136. The van der Waals surface area contributed by atoms with Crippen molar-refractivity contribution in [3.63, 3.8) is 0 Å². The number of carbonyl (C=O) groups excluding carboxylic acids is 3. The number of benzene rings is 2. The summed E-state index contributed by atoms with van der Waals surface area (Å²) in [6.07, 6.45) is 0.216. The number of piperazine rings is 1. The number of aryl methyl sites for hydroxylation is 1. The van der Waals surface area contributed by atoms with Crippen LogP contribution in [0.2, 0.25) is 0 Å². The number of Topliss-reactive ketones (excluding diaryl/α,β-unsaturated/α-hetero) is 1. The molecule has 2 heterocycles. The summed E-state index contributed by atoms with van der Waals surface area (Å²) in [6, 6.07) is 12.2. The lowest BCUT2D eigenvalue weighted by Crippen LogP contribution is -2.51. The van der Waals surface area contributed by atoms with Crippen LogP contribution in [-0.4, -0.2) is 55.2 Å². The largest absolute Gasteiger partial charge is 0.366 e. The van der Waals surface area contributed by atoms with Crippen LogP contribution in [0.1, 0.15) is 29.3 Å². The molecule has 0 aliphatic carbocycles. The normalized spacial score (nSPS) is 19.1. The summed E-state index contributed by atoms with van der Waals surface area (Å²) in [7, 11) is 0. The summed E-state index contributed by atoms with van der Waals surface area (Å²) < 4.78 is 14.5. The standard InChI is InChI=1S/C24H26FN3O3/c1-16-3-6-20(7-4-16)28-15-19(14-23(28)30)24(31)27-11-9-26(10-12-27)22-8-5-18(17(2)29)13-21(22)25/h3-8,13,19H,9-12,14-15H2,1-2H3. The Morgan fingerprint density at radius 2 is 1.68 bits per heavy atom. The fourth-order valence-corrected chi connectivity index (χ4v) is 4.26. The molecule has 0 saturated carbocycles. The van der Waals surface area contributed by atoms with Crippen molar-refractivity contribution in [3.05, 3.63) is 59.4 Å². The summed E-state index contributed by atoms with van der Waals surface area (Å²) in [4.78, 5) is 42.3. The van der Waals surface area contributed by atoms with Gasteiger partial charge in [0.15, 0.2) is 5.78 Å². The molecule has 2 amide bonds. The van der Waals surface area contributed by atoms with Crippen molar-refractivity contribution < 1.29 is 18.8 Å². The van der Waals surface area contributed by atoms with Crippen LogP contribution in [0.4, 0.5) is 15.8 Å². The number of ketones is 1. The first-order valence-electron chi connectivity index (χ1n) is 10.5. The molecule has 7 heteroatoms. The maximum Gasteiger partial charge on any atom is 0.228 e.